The van der Waals surface area contributed by atoms with Gasteiger partial charge in [0.25, 0.3) is 5.91 Å². The highest BCUT2D eigenvalue weighted by Crippen LogP contribution is 2.28. The van der Waals surface area contributed by atoms with Crippen LogP contribution in [0.4, 0.5) is 0 Å². The van der Waals surface area contributed by atoms with E-state index >= 15 is 0 Å². The van der Waals surface area contributed by atoms with Crippen LogP contribution in [0.15, 0.2) is 9.85 Å². The average molecular weight is 332 g/mol. The smallest absolute Gasteiger partial charge is 0.264 e. The van der Waals surface area contributed by atoms with Crippen LogP contribution in [0.25, 0.3) is 0 Å². The summed E-state index contributed by atoms with van der Waals surface area (Å²) in [7, 11) is 2.07. The molecule has 0 saturated carbocycles. The monoisotopic (exact) mass is 331 g/mol. The number of nitrogens with two attached hydrogens (primary N) is 1. The van der Waals surface area contributed by atoms with Crippen LogP contribution in [-0.2, 0) is 0 Å². The van der Waals surface area contributed by atoms with Crippen molar-refractivity contribution in [1.82, 2.24) is 9.80 Å². The third kappa shape index (κ3) is 2.77. The largest absolute Gasteiger partial charge is 0.331 e. The summed E-state index contributed by atoms with van der Waals surface area (Å²) in [6.07, 6.45) is 0. The Kier molecular flexibility index (Phi) is 4.42. The van der Waals surface area contributed by atoms with Crippen molar-refractivity contribution in [2.75, 3.05) is 33.2 Å². The first-order valence-electron chi connectivity index (χ1n) is 5.98. The zero-order chi connectivity index (χ0) is 13.3. The number of hydrogen-bond acceptors (Lipinski definition) is 4. The van der Waals surface area contributed by atoms with Gasteiger partial charge in [-0.3, -0.25) is 4.79 Å². The van der Waals surface area contributed by atoms with Crippen LogP contribution in [0.2, 0.25) is 0 Å². The first kappa shape index (κ1) is 14.0. The number of nitrogens with zero attached hydrogens (tertiary/aromatic N) is 2. The number of carbonyl (C=O) groups excluding carboxylic acids is 1. The summed E-state index contributed by atoms with van der Waals surface area (Å²) >= 11 is 4.97. The molecule has 1 saturated heterocycles. The van der Waals surface area contributed by atoms with Crippen LogP contribution in [0, 0.1) is 6.92 Å². The normalized spacial score (nSPS) is 21.3. The Morgan fingerprint density at radius 3 is 2.89 bits per heavy atom. The van der Waals surface area contributed by atoms with Crippen molar-refractivity contribution < 1.29 is 4.79 Å². The van der Waals surface area contributed by atoms with Gasteiger partial charge in [-0.15, -0.1) is 11.3 Å². The predicted molar refractivity (Wildman–Crippen MR) is 78.1 cm³/mol. The minimum Gasteiger partial charge on any atom is -0.331 e. The first-order chi connectivity index (χ1) is 8.52. The maximum absolute atomic E-state index is 12.5. The molecule has 0 bridgehead atoms. The molecule has 0 aliphatic carbocycles. The molecule has 1 amide bonds. The van der Waals surface area contributed by atoms with Gasteiger partial charge in [-0.1, -0.05) is 0 Å². The van der Waals surface area contributed by atoms with Crippen LogP contribution in [-0.4, -0.2) is 55.0 Å². The number of rotatable bonds is 2. The highest BCUT2D eigenvalue weighted by molar-refractivity contribution is 9.11. The maximum atomic E-state index is 12.5. The second-order valence-electron chi connectivity index (χ2n) is 4.72. The molecule has 0 radical (unpaired) electrons. The van der Waals surface area contributed by atoms with Gasteiger partial charge in [0.15, 0.2) is 0 Å². The molecule has 0 aromatic carbocycles. The molecular weight excluding hydrogens is 314 g/mol. The standard InChI is InChI=1S/C12H18BrN3OS/c1-8-5-10(18-11(8)13)12(17)16-4-3-15(2)7-9(16)6-14/h5,9H,3-4,6-7,14H2,1-2H3. The van der Waals surface area contributed by atoms with Crippen LogP contribution < -0.4 is 5.73 Å². The van der Waals surface area contributed by atoms with Gasteiger partial charge < -0.3 is 15.5 Å². The SMILES string of the molecule is Cc1cc(C(=O)N2CCN(C)CC2CN)sc1Br. The molecule has 1 aliphatic rings. The number of halogens is 1. The fourth-order valence-corrected chi connectivity index (χ4v) is 3.68. The lowest BCUT2D eigenvalue weighted by atomic mass is 10.1. The van der Waals surface area contributed by atoms with E-state index in [1.54, 1.807) is 0 Å². The lowest BCUT2D eigenvalue weighted by Crippen LogP contribution is -2.56. The molecule has 2 N–H and O–H groups in total. The highest BCUT2D eigenvalue weighted by Gasteiger charge is 2.29. The maximum Gasteiger partial charge on any atom is 0.264 e. The third-order valence-corrected chi connectivity index (χ3v) is 5.41. The summed E-state index contributed by atoms with van der Waals surface area (Å²) in [6, 6.07) is 2.07. The second-order valence-corrected chi connectivity index (χ2v) is 7.09. The van der Waals surface area contributed by atoms with Crippen LogP contribution >= 0.6 is 27.3 Å². The van der Waals surface area contributed by atoms with E-state index in [-0.39, 0.29) is 11.9 Å². The molecule has 1 aromatic rings. The quantitative estimate of drug-likeness (QED) is 0.894. The Morgan fingerprint density at radius 1 is 1.61 bits per heavy atom. The zero-order valence-corrected chi connectivity index (χ0v) is 13.1. The van der Waals surface area contributed by atoms with E-state index < -0.39 is 0 Å². The minimum absolute atomic E-state index is 0.109. The van der Waals surface area contributed by atoms with Gasteiger partial charge >= 0.3 is 0 Å². The number of aryl methyl sites for hydroxylation is 1. The van der Waals surface area contributed by atoms with Gasteiger partial charge in [0, 0.05) is 26.2 Å². The molecule has 100 valence electrons. The van der Waals surface area contributed by atoms with E-state index in [2.05, 4.69) is 27.9 Å². The fraction of sp³-hybridized carbons (Fsp3) is 0.583. The lowest BCUT2D eigenvalue weighted by Gasteiger charge is -2.39. The summed E-state index contributed by atoms with van der Waals surface area (Å²) in [5, 5.41) is 0. The van der Waals surface area contributed by atoms with E-state index in [1.165, 1.54) is 11.3 Å². The molecule has 1 atom stereocenters. The van der Waals surface area contributed by atoms with Gasteiger partial charge in [0.1, 0.15) is 0 Å². The van der Waals surface area contributed by atoms with Crippen LogP contribution in [0.3, 0.4) is 0 Å². The number of amides is 1. The second kappa shape index (κ2) is 5.69. The van der Waals surface area contributed by atoms with E-state index in [0.717, 1.165) is 33.9 Å². The van der Waals surface area contributed by atoms with Crippen molar-refractivity contribution in [3.63, 3.8) is 0 Å². The van der Waals surface area contributed by atoms with E-state index in [4.69, 9.17) is 5.73 Å². The first-order valence-corrected chi connectivity index (χ1v) is 7.59. The molecule has 4 nitrogen and oxygen atoms in total. The zero-order valence-electron chi connectivity index (χ0n) is 10.6. The van der Waals surface area contributed by atoms with Gasteiger partial charge in [-0.2, -0.15) is 0 Å². The number of piperazine rings is 1. The van der Waals surface area contributed by atoms with Crippen molar-refractivity contribution in [2.24, 2.45) is 5.73 Å². The molecule has 18 heavy (non-hydrogen) atoms. The lowest BCUT2D eigenvalue weighted by molar-refractivity contribution is 0.0520. The number of carbonyl (C=O) groups is 1. The Bertz CT molecular complexity index is 429. The summed E-state index contributed by atoms with van der Waals surface area (Å²) in [5.74, 6) is 0.109. The van der Waals surface area contributed by atoms with Gasteiger partial charge in [0.2, 0.25) is 0 Å². The Labute approximate surface area is 120 Å². The predicted octanol–water partition coefficient (Wildman–Crippen LogP) is 1.53. The topological polar surface area (TPSA) is 49.6 Å². The number of likely N-dealkylation sites (N-methyl/N-ethyl adjacent to an activating group) is 1. The van der Waals surface area contributed by atoms with Gasteiger partial charge in [-0.25, -0.2) is 0 Å². The number of thiophene rings is 1. The van der Waals surface area contributed by atoms with Crippen LogP contribution in [0.1, 0.15) is 15.2 Å². The molecular formula is C12H18BrN3OS. The molecule has 1 fully saturated rings. The summed E-state index contributed by atoms with van der Waals surface area (Å²) in [4.78, 5) is 17.4. The van der Waals surface area contributed by atoms with Crippen molar-refractivity contribution >= 4 is 33.2 Å². The highest BCUT2D eigenvalue weighted by atomic mass is 79.9. The molecule has 2 heterocycles. The Morgan fingerprint density at radius 2 is 2.33 bits per heavy atom. The van der Waals surface area contributed by atoms with E-state index in [0.29, 0.717) is 6.54 Å². The molecule has 2 rings (SSSR count). The van der Waals surface area contributed by atoms with E-state index in [9.17, 15) is 4.79 Å². The molecule has 1 aromatic heterocycles. The van der Waals surface area contributed by atoms with Crippen molar-refractivity contribution in [3.05, 3.63) is 20.3 Å². The minimum atomic E-state index is 0.109. The summed E-state index contributed by atoms with van der Waals surface area (Å²) in [5.41, 5.74) is 6.89. The number of hydrogen-bond donors (Lipinski definition) is 1. The Hall–Kier alpha value is -0.430. The molecule has 0 spiro atoms. The van der Waals surface area contributed by atoms with Crippen molar-refractivity contribution in [2.45, 2.75) is 13.0 Å². The molecule has 1 aliphatic heterocycles. The summed E-state index contributed by atoms with van der Waals surface area (Å²) in [6.45, 7) is 5.04. The molecule has 6 heteroatoms. The average Bonchev–Trinajstić information content (AvgIpc) is 2.68. The molecule has 1 unspecified atom stereocenters. The van der Waals surface area contributed by atoms with Gasteiger partial charge in [0.05, 0.1) is 14.7 Å². The fourth-order valence-electron chi connectivity index (χ4n) is 2.19. The summed E-state index contributed by atoms with van der Waals surface area (Å²) < 4.78 is 1.03. The third-order valence-electron chi connectivity index (χ3n) is 3.29. The van der Waals surface area contributed by atoms with Crippen molar-refractivity contribution in [1.29, 1.82) is 0 Å². The van der Waals surface area contributed by atoms with Gasteiger partial charge in [-0.05, 0) is 41.5 Å². The Balaban J connectivity index is 2.17. The van der Waals surface area contributed by atoms with Crippen molar-refractivity contribution in [3.8, 4) is 0 Å². The van der Waals surface area contributed by atoms with Crippen LogP contribution in [0.5, 0.6) is 0 Å². The van der Waals surface area contributed by atoms with E-state index in [1.807, 2.05) is 17.9 Å².